The van der Waals surface area contributed by atoms with Crippen LogP contribution in [0.15, 0.2) is 24.3 Å². The fourth-order valence-corrected chi connectivity index (χ4v) is 2.40. The zero-order valence-electron chi connectivity index (χ0n) is 9.60. The van der Waals surface area contributed by atoms with Gasteiger partial charge < -0.3 is 5.11 Å². The molecule has 1 N–H and O–H groups in total. The number of halogens is 1. The fraction of sp³-hybridized carbons (Fsp3) is 0.462. The van der Waals surface area contributed by atoms with Gasteiger partial charge in [0, 0.05) is 5.02 Å². The summed E-state index contributed by atoms with van der Waals surface area (Å²) in [6, 6.07) is 7.00. The van der Waals surface area contributed by atoms with Crippen LogP contribution >= 0.6 is 11.6 Å². The number of carboxylic acid groups (broad SMARTS) is 1. The lowest BCUT2D eigenvalue weighted by atomic mass is 10.1. The molecule has 0 aromatic heterocycles. The van der Waals surface area contributed by atoms with E-state index in [0.29, 0.717) is 11.4 Å². The fourth-order valence-electron chi connectivity index (χ4n) is 2.27. The maximum Gasteiger partial charge on any atom is 0.321 e. The molecule has 17 heavy (non-hydrogen) atoms. The molecule has 0 spiro atoms. The van der Waals surface area contributed by atoms with Crippen molar-refractivity contribution < 1.29 is 9.90 Å². The van der Waals surface area contributed by atoms with Gasteiger partial charge in [0.05, 0.1) is 0 Å². The minimum atomic E-state index is -0.734. The second kappa shape index (κ2) is 5.52. The summed E-state index contributed by atoms with van der Waals surface area (Å²) in [6.45, 7) is 1.79. The molecule has 0 saturated carbocycles. The summed E-state index contributed by atoms with van der Waals surface area (Å²) >= 11 is 5.81. The Kier molecular flexibility index (Phi) is 4.02. The molecule has 1 saturated heterocycles. The summed E-state index contributed by atoms with van der Waals surface area (Å²) in [5.41, 5.74) is 1.02. The molecule has 1 aromatic carbocycles. The van der Waals surface area contributed by atoms with Gasteiger partial charge in [0.25, 0.3) is 0 Å². The number of carbonyl (C=O) groups is 1. The van der Waals surface area contributed by atoms with E-state index in [0.717, 1.165) is 31.5 Å². The molecule has 1 aromatic rings. The lowest BCUT2D eigenvalue weighted by Gasteiger charge is -2.23. The van der Waals surface area contributed by atoms with E-state index in [1.165, 1.54) is 0 Å². The first-order valence-corrected chi connectivity index (χ1v) is 6.26. The first-order chi connectivity index (χ1) is 8.16. The topological polar surface area (TPSA) is 40.5 Å². The minimum Gasteiger partial charge on any atom is -0.480 e. The average Bonchev–Trinajstić information content (AvgIpc) is 2.81. The Morgan fingerprint density at radius 2 is 1.88 bits per heavy atom. The van der Waals surface area contributed by atoms with Crippen LogP contribution in [0.5, 0.6) is 0 Å². The van der Waals surface area contributed by atoms with E-state index in [1.807, 2.05) is 12.1 Å². The molecule has 0 amide bonds. The predicted molar refractivity (Wildman–Crippen MR) is 67.4 cm³/mol. The highest BCUT2D eigenvalue weighted by atomic mass is 35.5. The van der Waals surface area contributed by atoms with Crippen molar-refractivity contribution in [3.63, 3.8) is 0 Å². The number of carboxylic acids is 1. The van der Waals surface area contributed by atoms with Crippen LogP contribution < -0.4 is 0 Å². The van der Waals surface area contributed by atoms with E-state index < -0.39 is 12.0 Å². The second-order valence-electron chi connectivity index (χ2n) is 4.43. The van der Waals surface area contributed by atoms with Gasteiger partial charge in [-0.05, 0) is 50.0 Å². The van der Waals surface area contributed by atoms with Gasteiger partial charge in [0.2, 0.25) is 0 Å². The molecule has 0 radical (unpaired) electrons. The van der Waals surface area contributed by atoms with Crippen molar-refractivity contribution in [3.05, 3.63) is 34.9 Å². The van der Waals surface area contributed by atoms with Crippen molar-refractivity contribution in [2.45, 2.75) is 25.3 Å². The zero-order chi connectivity index (χ0) is 12.3. The number of aliphatic carboxylic acids is 1. The Morgan fingerprint density at radius 1 is 1.29 bits per heavy atom. The molecule has 1 heterocycles. The standard InChI is InChI=1S/C13H16ClNO2/c14-11-5-3-10(4-6-11)9-12(13(16)17)15-7-1-2-8-15/h3-6,12H,1-2,7-9H2,(H,16,17). The highest BCUT2D eigenvalue weighted by Crippen LogP contribution is 2.17. The van der Waals surface area contributed by atoms with Crippen molar-refractivity contribution in [2.75, 3.05) is 13.1 Å². The Morgan fingerprint density at radius 3 is 2.41 bits per heavy atom. The maximum absolute atomic E-state index is 11.3. The second-order valence-corrected chi connectivity index (χ2v) is 4.86. The molecule has 3 nitrogen and oxygen atoms in total. The Bertz CT molecular complexity index is 385. The highest BCUT2D eigenvalue weighted by molar-refractivity contribution is 6.30. The molecule has 0 aliphatic carbocycles. The van der Waals surface area contributed by atoms with Gasteiger partial charge in [0.15, 0.2) is 0 Å². The maximum atomic E-state index is 11.3. The summed E-state index contributed by atoms with van der Waals surface area (Å²) in [7, 11) is 0. The Balaban J connectivity index is 2.06. The van der Waals surface area contributed by atoms with Gasteiger partial charge in [-0.25, -0.2) is 0 Å². The molecule has 1 aliphatic rings. The largest absolute Gasteiger partial charge is 0.480 e. The van der Waals surface area contributed by atoms with Crippen molar-refractivity contribution in [1.29, 1.82) is 0 Å². The van der Waals surface area contributed by atoms with Crippen molar-refractivity contribution >= 4 is 17.6 Å². The third kappa shape index (κ3) is 3.20. The van der Waals surface area contributed by atoms with Crippen molar-refractivity contribution in [1.82, 2.24) is 4.90 Å². The summed E-state index contributed by atoms with van der Waals surface area (Å²) in [6.07, 6.45) is 2.75. The van der Waals surface area contributed by atoms with Gasteiger partial charge in [-0.15, -0.1) is 0 Å². The van der Waals surface area contributed by atoms with E-state index in [-0.39, 0.29) is 0 Å². The number of nitrogens with zero attached hydrogens (tertiary/aromatic N) is 1. The zero-order valence-corrected chi connectivity index (χ0v) is 10.4. The molecule has 0 bridgehead atoms. The molecule has 1 atom stereocenters. The first kappa shape index (κ1) is 12.4. The van der Waals surface area contributed by atoms with Crippen LogP contribution in [-0.4, -0.2) is 35.1 Å². The normalized spacial score (nSPS) is 18.2. The van der Waals surface area contributed by atoms with E-state index in [9.17, 15) is 9.90 Å². The lowest BCUT2D eigenvalue weighted by molar-refractivity contribution is -0.142. The van der Waals surface area contributed by atoms with E-state index in [2.05, 4.69) is 4.90 Å². The van der Waals surface area contributed by atoms with Gasteiger partial charge in [0.1, 0.15) is 6.04 Å². The minimum absolute atomic E-state index is 0.404. The summed E-state index contributed by atoms with van der Waals surface area (Å²) < 4.78 is 0. The van der Waals surface area contributed by atoms with E-state index in [4.69, 9.17) is 11.6 Å². The number of likely N-dealkylation sites (tertiary alicyclic amines) is 1. The van der Waals surface area contributed by atoms with Crippen LogP contribution in [0.1, 0.15) is 18.4 Å². The predicted octanol–water partition coefficient (Wildman–Crippen LogP) is 2.43. The number of rotatable bonds is 4. The molecule has 92 valence electrons. The number of hydrogen-bond donors (Lipinski definition) is 1. The lowest BCUT2D eigenvalue weighted by Crippen LogP contribution is -2.40. The molecule has 1 aliphatic heterocycles. The third-order valence-electron chi connectivity index (χ3n) is 3.21. The SMILES string of the molecule is O=C(O)C(Cc1ccc(Cl)cc1)N1CCCC1. The molecular weight excluding hydrogens is 238 g/mol. The van der Waals surface area contributed by atoms with Crippen molar-refractivity contribution in [2.24, 2.45) is 0 Å². The summed E-state index contributed by atoms with van der Waals surface area (Å²) in [5, 5.41) is 9.96. The summed E-state index contributed by atoms with van der Waals surface area (Å²) in [5.74, 6) is -0.734. The number of hydrogen-bond acceptors (Lipinski definition) is 2. The van der Waals surface area contributed by atoms with Crippen LogP contribution in [-0.2, 0) is 11.2 Å². The monoisotopic (exact) mass is 253 g/mol. The number of benzene rings is 1. The summed E-state index contributed by atoms with van der Waals surface area (Å²) in [4.78, 5) is 13.3. The molecule has 1 unspecified atom stereocenters. The molecule has 4 heteroatoms. The first-order valence-electron chi connectivity index (χ1n) is 5.88. The third-order valence-corrected chi connectivity index (χ3v) is 3.46. The van der Waals surface area contributed by atoms with Gasteiger partial charge in [-0.2, -0.15) is 0 Å². The molecule has 1 fully saturated rings. The van der Waals surface area contributed by atoms with Gasteiger partial charge in [-0.1, -0.05) is 23.7 Å². The van der Waals surface area contributed by atoms with E-state index >= 15 is 0 Å². The van der Waals surface area contributed by atoms with Crippen LogP contribution in [0.3, 0.4) is 0 Å². The van der Waals surface area contributed by atoms with Crippen LogP contribution in [0.25, 0.3) is 0 Å². The van der Waals surface area contributed by atoms with Crippen LogP contribution in [0.2, 0.25) is 5.02 Å². The molecular formula is C13H16ClNO2. The van der Waals surface area contributed by atoms with Crippen LogP contribution in [0, 0.1) is 0 Å². The quantitative estimate of drug-likeness (QED) is 0.896. The van der Waals surface area contributed by atoms with Gasteiger partial charge in [-0.3, -0.25) is 9.69 Å². The van der Waals surface area contributed by atoms with Crippen LogP contribution in [0.4, 0.5) is 0 Å². The van der Waals surface area contributed by atoms with Crippen molar-refractivity contribution in [3.8, 4) is 0 Å². The average molecular weight is 254 g/mol. The van der Waals surface area contributed by atoms with E-state index in [1.54, 1.807) is 12.1 Å². The smallest absolute Gasteiger partial charge is 0.321 e. The Hall–Kier alpha value is -1.06. The van der Waals surface area contributed by atoms with Gasteiger partial charge >= 0.3 is 5.97 Å². The Labute approximate surface area is 106 Å². The molecule has 2 rings (SSSR count). The highest BCUT2D eigenvalue weighted by Gasteiger charge is 2.27.